The molecule has 3 nitrogen and oxygen atoms in total. The van der Waals surface area contributed by atoms with E-state index in [4.69, 9.17) is 0 Å². The van der Waals surface area contributed by atoms with E-state index in [9.17, 15) is 8.78 Å². The Morgan fingerprint density at radius 1 is 0.818 bits per heavy atom. The number of rotatable bonds is 2. The molecule has 0 saturated carbocycles. The van der Waals surface area contributed by atoms with E-state index in [-0.39, 0.29) is 0 Å². The summed E-state index contributed by atoms with van der Waals surface area (Å²) in [5, 5.41) is 1.51. The number of nitrogens with zero attached hydrogens (tertiary/aromatic N) is 3. The van der Waals surface area contributed by atoms with E-state index in [1.807, 2.05) is 24.3 Å². The molecule has 0 unspecified atom stereocenters. The van der Waals surface area contributed by atoms with Crippen molar-refractivity contribution in [3.05, 3.63) is 61.2 Å². The van der Waals surface area contributed by atoms with Crippen molar-refractivity contribution in [2.75, 3.05) is 0 Å². The Hall–Kier alpha value is -2.82. The van der Waals surface area contributed by atoms with Crippen molar-refractivity contribution in [2.24, 2.45) is 0 Å². The van der Waals surface area contributed by atoms with Crippen LogP contribution in [0.5, 0.6) is 0 Å². The van der Waals surface area contributed by atoms with Crippen LogP contribution in [0.1, 0.15) is 6.55 Å². The van der Waals surface area contributed by atoms with Crippen molar-refractivity contribution in [2.45, 2.75) is 6.55 Å². The molecule has 0 aliphatic carbocycles. The Kier molecular flexibility index (Phi) is 2.85. The van der Waals surface area contributed by atoms with Crippen LogP contribution in [0, 0.1) is 0 Å². The van der Waals surface area contributed by atoms with Gasteiger partial charge in [0, 0.05) is 41.1 Å². The van der Waals surface area contributed by atoms with Gasteiger partial charge in [-0.15, -0.1) is 0 Å². The zero-order valence-corrected chi connectivity index (χ0v) is 11.4. The molecule has 1 aromatic carbocycles. The summed E-state index contributed by atoms with van der Waals surface area (Å²) in [7, 11) is 0. The molecule has 4 aromatic rings. The van der Waals surface area contributed by atoms with Crippen LogP contribution >= 0.6 is 0 Å². The van der Waals surface area contributed by atoms with E-state index in [0.29, 0.717) is 11.0 Å². The molecule has 0 aliphatic rings. The highest BCUT2D eigenvalue weighted by Gasteiger charge is 2.17. The van der Waals surface area contributed by atoms with Crippen molar-refractivity contribution in [1.82, 2.24) is 14.5 Å². The lowest BCUT2D eigenvalue weighted by atomic mass is 10.1. The zero-order valence-electron chi connectivity index (χ0n) is 11.4. The number of fused-ring (bicyclic) bond motifs is 3. The zero-order chi connectivity index (χ0) is 15.1. The predicted octanol–water partition coefficient (Wildman–Crippen LogP) is 4.65. The van der Waals surface area contributed by atoms with Crippen LogP contribution in [-0.2, 0) is 0 Å². The first-order chi connectivity index (χ1) is 10.8. The van der Waals surface area contributed by atoms with Crippen LogP contribution in [0.2, 0.25) is 0 Å². The molecule has 108 valence electrons. The third kappa shape index (κ3) is 1.86. The highest BCUT2D eigenvalue weighted by molar-refractivity contribution is 6.08. The topological polar surface area (TPSA) is 30.7 Å². The molecule has 4 rings (SSSR count). The number of aromatic nitrogens is 3. The highest BCUT2D eigenvalue weighted by Crippen LogP contribution is 2.34. The summed E-state index contributed by atoms with van der Waals surface area (Å²) in [5.41, 5.74) is 2.74. The van der Waals surface area contributed by atoms with Gasteiger partial charge in [-0.3, -0.25) is 14.5 Å². The normalized spacial score (nSPS) is 11.6. The summed E-state index contributed by atoms with van der Waals surface area (Å²) >= 11 is 0. The van der Waals surface area contributed by atoms with Gasteiger partial charge in [0.15, 0.2) is 0 Å². The molecular weight excluding hydrogens is 284 g/mol. The Morgan fingerprint density at radius 3 is 2.45 bits per heavy atom. The minimum Gasteiger partial charge on any atom is -0.284 e. The maximum atomic E-state index is 13.5. The fourth-order valence-corrected chi connectivity index (χ4v) is 2.82. The fourth-order valence-electron chi connectivity index (χ4n) is 2.82. The van der Waals surface area contributed by atoms with Crippen molar-refractivity contribution >= 4 is 21.8 Å². The Balaban J connectivity index is 2.07. The number of alkyl halides is 2. The van der Waals surface area contributed by atoms with E-state index < -0.39 is 6.55 Å². The van der Waals surface area contributed by atoms with Crippen LogP contribution in [0.3, 0.4) is 0 Å². The average molecular weight is 295 g/mol. The third-order valence-corrected chi connectivity index (χ3v) is 3.80. The molecule has 5 heteroatoms. The molecule has 0 spiro atoms. The Labute approximate surface area is 124 Å². The summed E-state index contributed by atoms with van der Waals surface area (Å²) in [6, 6.07) is 10.9. The number of benzene rings is 1. The lowest BCUT2D eigenvalue weighted by Gasteiger charge is -2.06. The van der Waals surface area contributed by atoms with Gasteiger partial charge in [0.1, 0.15) is 0 Å². The maximum absolute atomic E-state index is 13.5. The molecule has 0 aliphatic heterocycles. The molecule has 3 aromatic heterocycles. The number of pyridine rings is 2. The Bertz CT molecular complexity index is 962. The van der Waals surface area contributed by atoms with Gasteiger partial charge in [-0.2, -0.15) is 8.78 Å². The molecule has 0 atom stereocenters. The van der Waals surface area contributed by atoms with E-state index in [1.165, 1.54) is 6.20 Å². The third-order valence-electron chi connectivity index (χ3n) is 3.80. The van der Waals surface area contributed by atoms with Crippen molar-refractivity contribution < 1.29 is 8.78 Å². The lowest BCUT2D eigenvalue weighted by Crippen LogP contribution is -1.97. The van der Waals surface area contributed by atoms with Gasteiger partial charge in [0.05, 0.1) is 11.0 Å². The molecule has 0 amide bonds. The second-order valence-electron chi connectivity index (χ2n) is 5.01. The molecule has 0 bridgehead atoms. The second-order valence-corrected chi connectivity index (χ2v) is 5.01. The first kappa shape index (κ1) is 12.9. The van der Waals surface area contributed by atoms with Gasteiger partial charge >= 0.3 is 6.55 Å². The number of hydrogen-bond donors (Lipinski definition) is 0. The molecule has 0 saturated heterocycles. The summed E-state index contributed by atoms with van der Waals surface area (Å²) < 4.78 is 28.1. The maximum Gasteiger partial charge on any atom is 0.319 e. The Morgan fingerprint density at radius 2 is 1.68 bits per heavy atom. The van der Waals surface area contributed by atoms with E-state index in [1.54, 1.807) is 30.7 Å². The molecule has 22 heavy (non-hydrogen) atoms. The largest absolute Gasteiger partial charge is 0.319 e. The van der Waals surface area contributed by atoms with Gasteiger partial charge in [-0.05, 0) is 23.8 Å². The van der Waals surface area contributed by atoms with Crippen LogP contribution in [0.4, 0.5) is 8.78 Å². The highest BCUT2D eigenvalue weighted by atomic mass is 19.3. The SMILES string of the molecule is FC(F)n1c2ccncc2c2ccc(-c3cccnc3)cc21. The average Bonchev–Trinajstić information content (AvgIpc) is 2.89. The van der Waals surface area contributed by atoms with Crippen molar-refractivity contribution in [3.63, 3.8) is 0 Å². The molecular formula is C17H11F2N3. The van der Waals surface area contributed by atoms with Gasteiger partial charge in [0.2, 0.25) is 0 Å². The predicted molar refractivity (Wildman–Crippen MR) is 81.7 cm³/mol. The minimum absolute atomic E-state index is 0.489. The molecule has 0 N–H and O–H groups in total. The van der Waals surface area contributed by atoms with Crippen molar-refractivity contribution in [1.29, 1.82) is 0 Å². The van der Waals surface area contributed by atoms with Gasteiger partial charge in [0.25, 0.3) is 0 Å². The first-order valence-electron chi connectivity index (χ1n) is 6.82. The summed E-state index contributed by atoms with van der Waals surface area (Å²) in [5.74, 6) is 0. The standard InChI is InChI=1S/C17H11F2N3/c18-17(19)22-15-5-7-21-10-14(15)13-4-3-11(8-16(13)22)12-2-1-6-20-9-12/h1-10,17H. The lowest BCUT2D eigenvalue weighted by molar-refractivity contribution is 0.0796. The van der Waals surface area contributed by atoms with Crippen LogP contribution in [0.15, 0.2) is 61.2 Å². The minimum atomic E-state index is -2.61. The van der Waals surface area contributed by atoms with Crippen LogP contribution < -0.4 is 0 Å². The molecule has 0 fully saturated rings. The van der Waals surface area contributed by atoms with Crippen molar-refractivity contribution in [3.8, 4) is 11.1 Å². The first-order valence-corrected chi connectivity index (χ1v) is 6.82. The number of halogens is 2. The summed E-state index contributed by atoms with van der Waals surface area (Å²) in [4.78, 5) is 8.12. The monoisotopic (exact) mass is 295 g/mol. The van der Waals surface area contributed by atoms with Gasteiger partial charge in [-0.25, -0.2) is 0 Å². The van der Waals surface area contributed by atoms with Gasteiger partial charge in [-0.1, -0.05) is 18.2 Å². The quantitative estimate of drug-likeness (QED) is 0.539. The molecule has 3 heterocycles. The van der Waals surface area contributed by atoms with Crippen LogP contribution in [-0.4, -0.2) is 14.5 Å². The van der Waals surface area contributed by atoms with E-state index in [0.717, 1.165) is 26.5 Å². The summed E-state index contributed by atoms with van der Waals surface area (Å²) in [6.07, 6.45) is 6.56. The van der Waals surface area contributed by atoms with Gasteiger partial charge < -0.3 is 0 Å². The smallest absolute Gasteiger partial charge is 0.284 e. The number of hydrogen-bond acceptors (Lipinski definition) is 2. The summed E-state index contributed by atoms with van der Waals surface area (Å²) in [6.45, 7) is -2.61. The molecule has 0 radical (unpaired) electrons. The van der Waals surface area contributed by atoms with Crippen LogP contribution in [0.25, 0.3) is 32.9 Å². The fraction of sp³-hybridized carbons (Fsp3) is 0.0588. The second kappa shape index (κ2) is 4.87. The van der Waals surface area contributed by atoms with E-state index in [2.05, 4.69) is 9.97 Å². The van der Waals surface area contributed by atoms with E-state index >= 15 is 0 Å².